The molecule has 1 fully saturated rings. The van der Waals surface area contributed by atoms with Gasteiger partial charge in [-0.2, -0.15) is 17.6 Å². The fourth-order valence-electron chi connectivity index (χ4n) is 3.42. The van der Waals surface area contributed by atoms with Gasteiger partial charge in [0.05, 0.1) is 0 Å². The van der Waals surface area contributed by atoms with Gasteiger partial charge in [0, 0.05) is 12.1 Å². The van der Waals surface area contributed by atoms with Gasteiger partial charge in [0.25, 0.3) is 0 Å². The second-order valence-corrected chi connectivity index (χ2v) is 11.0. The third-order valence-electron chi connectivity index (χ3n) is 5.06. The summed E-state index contributed by atoms with van der Waals surface area (Å²) < 4.78 is 16.2. The molecule has 3 rings (SSSR count). The highest BCUT2D eigenvalue weighted by molar-refractivity contribution is 7.80. The number of nitrogens with zero attached hydrogens (tertiary/aromatic N) is 4. The van der Waals surface area contributed by atoms with Gasteiger partial charge in [-0.3, -0.25) is 5.32 Å². The van der Waals surface area contributed by atoms with Gasteiger partial charge < -0.3 is 18.9 Å². The maximum atomic E-state index is 12.5. The van der Waals surface area contributed by atoms with Gasteiger partial charge in [0.2, 0.25) is 17.7 Å². The number of aromatic nitrogens is 2. The monoisotopic (exact) mass is 517 g/mol. The van der Waals surface area contributed by atoms with Crippen LogP contribution in [0, 0.1) is 0 Å². The number of aliphatic imine (C=N–C) groups is 1. The van der Waals surface area contributed by atoms with Crippen LogP contribution in [0.3, 0.4) is 0 Å². The Bertz CT molecular complexity index is 1090. The maximum absolute atomic E-state index is 12.5. The fraction of sp³-hybridized carbons (Fsp3) is 0.560. The highest BCUT2D eigenvalue weighted by Crippen LogP contribution is 2.33. The van der Waals surface area contributed by atoms with Crippen LogP contribution in [-0.2, 0) is 15.9 Å². The van der Waals surface area contributed by atoms with E-state index in [9.17, 15) is 9.59 Å². The first-order valence-corrected chi connectivity index (χ1v) is 12.6. The van der Waals surface area contributed by atoms with E-state index in [2.05, 4.69) is 33.1 Å². The quantitative estimate of drug-likeness (QED) is 0.317. The number of amides is 2. The molecule has 1 aliphatic heterocycles. The van der Waals surface area contributed by atoms with Crippen molar-refractivity contribution < 1.29 is 23.6 Å². The van der Waals surface area contributed by atoms with Crippen molar-refractivity contribution in [3.63, 3.8) is 0 Å². The average Bonchev–Trinajstić information content (AvgIpc) is 3.18. The highest BCUT2D eigenvalue weighted by atomic mass is 32.1. The number of thiol groups is 1. The Morgan fingerprint density at radius 3 is 2.36 bits per heavy atom. The molecule has 0 spiro atoms. The molecule has 0 unspecified atom stereocenters. The first kappa shape index (κ1) is 27.5. The van der Waals surface area contributed by atoms with Crippen molar-refractivity contribution in [1.29, 1.82) is 0 Å². The fourth-order valence-corrected chi connectivity index (χ4v) is 3.58. The summed E-state index contributed by atoms with van der Waals surface area (Å²) in [6.45, 7) is 11.0. The van der Waals surface area contributed by atoms with E-state index in [4.69, 9.17) is 14.0 Å². The van der Waals surface area contributed by atoms with E-state index in [1.165, 1.54) is 5.56 Å². The number of likely N-dealkylation sites (tertiary alicyclic amines) is 1. The minimum atomic E-state index is -0.830. The summed E-state index contributed by atoms with van der Waals surface area (Å²) in [5, 5.41) is 6.70. The molecular formula is C25H35N5O5S. The number of nitrogens with one attached hydrogen (secondary N) is 1. The molecule has 1 aliphatic rings. The van der Waals surface area contributed by atoms with E-state index in [1.807, 2.05) is 24.3 Å². The zero-order valence-electron chi connectivity index (χ0n) is 21.7. The summed E-state index contributed by atoms with van der Waals surface area (Å²) in [7, 11) is 0. The first-order chi connectivity index (χ1) is 16.8. The Hall–Kier alpha value is -3.08. The minimum Gasteiger partial charge on any atom is -0.444 e. The van der Waals surface area contributed by atoms with Crippen LogP contribution in [0.4, 0.5) is 9.59 Å². The summed E-state index contributed by atoms with van der Waals surface area (Å²) >= 11 is 4.26. The Morgan fingerprint density at radius 2 is 1.81 bits per heavy atom. The molecule has 1 aromatic heterocycles. The summed E-state index contributed by atoms with van der Waals surface area (Å²) in [6, 6.07) is 7.64. The van der Waals surface area contributed by atoms with Gasteiger partial charge in [0.15, 0.2) is 0 Å². The molecule has 10 nitrogen and oxygen atoms in total. The molecule has 0 bridgehead atoms. The molecule has 1 saturated heterocycles. The lowest BCUT2D eigenvalue weighted by Gasteiger charge is -2.40. The number of carbonyl (C=O) groups is 2. The largest absolute Gasteiger partial charge is 0.444 e. The van der Waals surface area contributed by atoms with Crippen molar-refractivity contribution in [2.24, 2.45) is 4.99 Å². The van der Waals surface area contributed by atoms with Crippen LogP contribution in [0.15, 0.2) is 33.8 Å². The summed E-state index contributed by atoms with van der Waals surface area (Å²) in [4.78, 5) is 35.1. The zero-order valence-corrected chi connectivity index (χ0v) is 22.6. The maximum Gasteiger partial charge on any atom is 0.437 e. The van der Waals surface area contributed by atoms with E-state index in [1.54, 1.807) is 46.4 Å². The number of carbonyl (C=O) groups excluding carboxylic acids is 2. The SMILES string of the molecule is CC(C)(C)OC(=O)N=C(NC(=O)OC(C)(C)C)N1CC[C@H]1c1nc(-c2ccc(CCCS)cc2)no1. The number of hydrogen-bond donors (Lipinski definition) is 2. The van der Waals surface area contributed by atoms with Crippen molar-refractivity contribution in [2.75, 3.05) is 12.3 Å². The standard InChI is InChI=1S/C25H35N5O5S/c1-24(2,3)33-22(31)27-21(28-23(32)34-25(4,5)6)30-14-13-18(30)20-26-19(29-35-20)17-11-9-16(10-12-17)8-7-15-36/h9-12,18,36H,7-8,13-15H2,1-6H3,(H,27,28,31,32)/t18-/m0/s1. The number of guanidine groups is 1. The minimum absolute atomic E-state index is 0.00282. The first-order valence-electron chi connectivity index (χ1n) is 12.0. The molecule has 0 radical (unpaired) electrons. The smallest absolute Gasteiger partial charge is 0.437 e. The number of alkyl carbamates (subject to hydrolysis) is 1. The molecule has 2 amide bonds. The average molecular weight is 518 g/mol. The lowest BCUT2D eigenvalue weighted by molar-refractivity contribution is 0.0535. The molecule has 0 saturated carbocycles. The molecular weight excluding hydrogens is 482 g/mol. The van der Waals surface area contributed by atoms with Gasteiger partial charge in [0.1, 0.15) is 17.2 Å². The Balaban J connectivity index is 1.78. The lowest BCUT2D eigenvalue weighted by atomic mass is 10.0. The number of aryl methyl sites for hydroxylation is 1. The van der Waals surface area contributed by atoms with Crippen LogP contribution in [-0.4, -0.2) is 56.7 Å². The third-order valence-corrected chi connectivity index (χ3v) is 5.37. The molecule has 1 aromatic carbocycles. The van der Waals surface area contributed by atoms with Crippen LogP contribution in [0.2, 0.25) is 0 Å². The highest BCUT2D eigenvalue weighted by Gasteiger charge is 2.38. The van der Waals surface area contributed by atoms with E-state index in [-0.39, 0.29) is 12.0 Å². The molecule has 11 heteroatoms. The van der Waals surface area contributed by atoms with Gasteiger partial charge in [-0.05, 0) is 72.1 Å². The molecule has 0 aliphatic carbocycles. The molecule has 2 aromatic rings. The Kier molecular flexibility index (Phi) is 8.65. The topological polar surface area (TPSA) is 119 Å². The van der Waals surface area contributed by atoms with E-state index in [0.717, 1.165) is 24.2 Å². The van der Waals surface area contributed by atoms with Crippen LogP contribution in [0.5, 0.6) is 0 Å². The van der Waals surface area contributed by atoms with Crippen molar-refractivity contribution in [3.05, 3.63) is 35.7 Å². The van der Waals surface area contributed by atoms with E-state index >= 15 is 0 Å². The predicted molar refractivity (Wildman–Crippen MR) is 139 cm³/mol. The van der Waals surface area contributed by atoms with Crippen LogP contribution in [0.1, 0.15) is 71.9 Å². The van der Waals surface area contributed by atoms with E-state index in [0.29, 0.717) is 24.7 Å². The van der Waals surface area contributed by atoms with E-state index < -0.39 is 23.4 Å². The van der Waals surface area contributed by atoms with Gasteiger partial charge in [-0.15, -0.1) is 4.99 Å². The predicted octanol–water partition coefficient (Wildman–Crippen LogP) is 5.16. The Morgan fingerprint density at radius 1 is 1.14 bits per heavy atom. The van der Waals surface area contributed by atoms with Gasteiger partial charge >= 0.3 is 12.2 Å². The van der Waals surface area contributed by atoms with Crippen molar-refractivity contribution in [1.82, 2.24) is 20.4 Å². The lowest BCUT2D eigenvalue weighted by Crippen LogP contribution is -2.53. The number of hydrogen-bond acceptors (Lipinski definition) is 8. The molecule has 1 atom stereocenters. The third kappa shape index (κ3) is 7.97. The molecule has 1 N–H and O–H groups in total. The van der Waals surface area contributed by atoms with Crippen LogP contribution >= 0.6 is 12.6 Å². The normalized spacial score (nSPS) is 16.4. The summed E-state index contributed by atoms with van der Waals surface area (Å²) in [6.07, 6.45) is 1.08. The van der Waals surface area contributed by atoms with Gasteiger partial charge in [-0.1, -0.05) is 29.4 Å². The summed E-state index contributed by atoms with van der Waals surface area (Å²) in [5.41, 5.74) is 0.590. The van der Waals surface area contributed by atoms with Gasteiger partial charge in [-0.25, -0.2) is 9.59 Å². The van der Waals surface area contributed by atoms with Crippen LogP contribution < -0.4 is 5.32 Å². The number of ether oxygens (including phenoxy) is 2. The van der Waals surface area contributed by atoms with Crippen LogP contribution in [0.25, 0.3) is 11.4 Å². The van der Waals surface area contributed by atoms with Crippen molar-refractivity contribution in [3.8, 4) is 11.4 Å². The number of benzene rings is 1. The Labute approximate surface area is 217 Å². The number of rotatable bonds is 5. The van der Waals surface area contributed by atoms with Crippen molar-refractivity contribution in [2.45, 2.75) is 78.0 Å². The zero-order chi connectivity index (χ0) is 26.5. The van der Waals surface area contributed by atoms with Crippen molar-refractivity contribution >= 4 is 30.8 Å². The summed E-state index contributed by atoms with van der Waals surface area (Å²) in [5.74, 6) is 1.67. The molecule has 2 heterocycles. The molecule has 196 valence electrons. The second kappa shape index (κ2) is 11.3. The second-order valence-electron chi connectivity index (χ2n) is 10.5. The molecule has 36 heavy (non-hydrogen) atoms.